The van der Waals surface area contributed by atoms with E-state index in [0.717, 1.165) is 11.3 Å². The van der Waals surface area contributed by atoms with Gasteiger partial charge in [-0.1, -0.05) is 35.9 Å². The van der Waals surface area contributed by atoms with Gasteiger partial charge in [-0.3, -0.25) is 14.5 Å². The number of carbonyl (C=O) groups is 2. The summed E-state index contributed by atoms with van der Waals surface area (Å²) in [4.78, 5) is 33.9. The predicted octanol–water partition coefficient (Wildman–Crippen LogP) is 5.52. The van der Waals surface area contributed by atoms with E-state index < -0.39 is 16.9 Å². The molecule has 0 aliphatic carbocycles. The Labute approximate surface area is 240 Å². The molecule has 0 aromatic heterocycles. The number of fused-ring (bicyclic) bond motifs is 5. The fourth-order valence-electron chi connectivity index (χ4n) is 7.65. The van der Waals surface area contributed by atoms with Gasteiger partial charge in [0, 0.05) is 58.5 Å². The molecule has 0 radical (unpaired) electrons. The molecule has 7 rings (SSSR count). The number of rotatable bonds is 2. The summed E-state index contributed by atoms with van der Waals surface area (Å²) in [5.74, 6) is -0.182. The smallest absolute Gasteiger partial charge is 0.250 e. The van der Waals surface area contributed by atoms with Crippen molar-refractivity contribution in [1.29, 1.82) is 0 Å². The number of likely N-dealkylation sites (tertiary alicyclic amines) is 1. The SMILES string of the molecule is CN1C/C(=C\c2ccc(F)cc2)C(=O)[C@]2(C1)[C@H](c1ccc(F)cc1)[C@@H]1CSCN1[C@@]21C(=O)Nc2ccc(Cl)cc21. The van der Waals surface area contributed by atoms with Crippen LogP contribution in [-0.2, 0) is 15.1 Å². The van der Waals surface area contributed by atoms with Gasteiger partial charge >= 0.3 is 0 Å². The zero-order valence-corrected chi connectivity index (χ0v) is 23.2. The Morgan fingerprint density at radius 2 is 1.73 bits per heavy atom. The van der Waals surface area contributed by atoms with Gasteiger partial charge in [0.1, 0.15) is 17.2 Å². The van der Waals surface area contributed by atoms with Crippen molar-refractivity contribution in [2.75, 3.05) is 37.1 Å². The topological polar surface area (TPSA) is 52.7 Å². The molecule has 5 nitrogen and oxygen atoms in total. The lowest BCUT2D eigenvalue weighted by atomic mass is 9.55. The number of nitrogens with zero attached hydrogens (tertiary/aromatic N) is 2. The Bertz CT molecular complexity index is 1580. The number of ketones is 1. The van der Waals surface area contributed by atoms with Crippen molar-refractivity contribution >= 4 is 46.8 Å². The van der Waals surface area contributed by atoms with Crippen LogP contribution < -0.4 is 5.32 Å². The molecule has 40 heavy (non-hydrogen) atoms. The normalized spacial score (nSPS) is 30.9. The van der Waals surface area contributed by atoms with E-state index in [1.54, 1.807) is 54.2 Å². The van der Waals surface area contributed by atoms with Gasteiger partial charge < -0.3 is 10.2 Å². The van der Waals surface area contributed by atoms with Crippen LogP contribution in [0.25, 0.3) is 6.08 Å². The predicted molar refractivity (Wildman–Crippen MR) is 153 cm³/mol. The van der Waals surface area contributed by atoms with E-state index in [9.17, 15) is 13.6 Å². The number of halogens is 3. The largest absolute Gasteiger partial charge is 0.324 e. The van der Waals surface area contributed by atoms with E-state index in [0.29, 0.717) is 46.4 Å². The minimum absolute atomic E-state index is 0.119. The number of piperidine rings is 1. The molecular weight excluding hydrogens is 552 g/mol. The van der Waals surface area contributed by atoms with E-state index in [4.69, 9.17) is 11.6 Å². The lowest BCUT2D eigenvalue weighted by molar-refractivity contribution is -0.146. The fourth-order valence-corrected chi connectivity index (χ4v) is 9.12. The van der Waals surface area contributed by atoms with Gasteiger partial charge in [0.25, 0.3) is 5.91 Å². The number of likely N-dealkylation sites (N-methyl/N-ethyl adjacent to an activating group) is 1. The molecule has 9 heteroatoms. The third-order valence-electron chi connectivity index (χ3n) is 8.96. The molecule has 0 unspecified atom stereocenters. The van der Waals surface area contributed by atoms with Crippen LogP contribution in [0.4, 0.5) is 14.5 Å². The lowest BCUT2D eigenvalue weighted by Gasteiger charge is -2.51. The second kappa shape index (κ2) is 9.24. The van der Waals surface area contributed by atoms with Gasteiger partial charge in [0.2, 0.25) is 0 Å². The molecular formula is C31H26ClF2N3O2S. The first-order valence-corrected chi connectivity index (χ1v) is 14.7. The number of anilines is 1. The molecule has 0 bridgehead atoms. The first kappa shape index (κ1) is 25.9. The highest BCUT2D eigenvalue weighted by Gasteiger charge is 2.78. The van der Waals surface area contributed by atoms with E-state index in [-0.39, 0.29) is 29.4 Å². The van der Waals surface area contributed by atoms with Crippen LogP contribution in [0.5, 0.6) is 0 Å². The van der Waals surface area contributed by atoms with Crippen molar-refractivity contribution in [3.63, 3.8) is 0 Å². The van der Waals surface area contributed by atoms with Gasteiger partial charge in [-0.05, 0) is 66.7 Å². The summed E-state index contributed by atoms with van der Waals surface area (Å²) >= 11 is 8.27. The number of hydrogen-bond donors (Lipinski definition) is 1. The first-order valence-electron chi connectivity index (χ1n) is 13.2. The standard InChI is InChI=1S/C31H26ClF2N3O2S/c1-36-14-20(12-18-2-7-22(33)8-3-18)28(38)30(16-36)27(19-4-9-23(34)10-5-19)26-15-40-17-37(26)31(30)24-13-21(32)6-11-25(24)35-29(31)39/h2-13,26-27H,14-17H2,1H3,(H,35,39)/b20-12+/t26-,27+,30-,31-/m0/s1. The quantitative estimate of drug-likeness (QED) is 0.406. The van der Waals surface area contributed by atoms with Gasteiger partial charge in [-0.25, -0.2) is 8.78 Å². The van der Waals surface area contributed by atoms with Crippen LogP contribution in [0.1, 0.15) is 22.6 Å². The van der Waals surface area contributed by atoms with E-state index in [1.165, 1.54) is 24.3 Å². The van der Waals surface area contributed by atoms with Crippen molar-refractivity contribution in [2.24, 2.45) is 5.41 Å². The second-order valence-corrected chi connectivity index (χ2v) is 12.6. The summed E-state index contributed by atoms with van der Waals surface area (Å²) in [6.45, 7) is 0.708. The van der Waals surface area contributed by atoms with Gasteiger partial charge in [0.05, 0.1) is 5.41 Å². The molecule has 3 fully saturated rings. The average Bonchev–Trinajstić information content (AvgIpc) is 3.57. The number of benzene rings is 3. The van der Waals surface area contributed by atoms with Crippen molar-refractivity contribution in [1.82, 2.24) is 9.80 Å². The molecule has 2 spiro atoms. The molecule has 4 aliphatic rings. The van der Waals surface area contributed by atoms with Crippen molar-refractivity contribution in [2.45, 2.75) is 17.5 Å². The van der Waals surface area contributed by atoms with Crippen LogP contribution in [-0.4, -0.2) is 59.3 Å². The van der Waals surface area contributed by atoms with Crippen LogP contribution in [0.2, 0.25) is 5.02 Å². The Hall–Kier alpha value is -3.04. The van der Waals surface area contributed by atoms with E-state index in [1.807, 2.05) is 13.1 Å². The summed E-state index contributed by atoms with van der Waals surface area (Å²) < 4.78 is 27.8. The highest BCUT2D eigenvalue weighted by atomic mass is 35.5. The summed E-state index contributed by atoms with van der Waals surface area (Å²) in [6.07, 6.45) is 1.80. The monoisotopic (exact) mass is 577 g/mol. The highest BCUT2D eigenvalue weighted by Crippen LogP contribution is 2.68. The third kappa shape index (κ3) is 3.46. The fraction of sp³-hybridized carbons (Fsp3) is 0.290. The molecule has 3 saturated heterocycles. The van der Waals surface area contributed by atoms with Gasteiger partial charge in [-0.15, -0.1) is 11.8 Å². The molecule has 1 N–H and O–H groups in total. The van der Waals surface area contributed by atoms with Gasteiger partial charge in [0.15, 0.2) is 5.78 Å². The second-order valence-electron chi connectivity index (χ2n) is 11.1. The highest BCUT2D eigenvalue weighted by molar-refractivity contribution is 7.99. The summed E-state index contributed by atoms with van der Waals surface area (Å²) in [5.41, 5.74) is 0.855. The van der Waals surface area contributed by atoms with Crippen LogP contribution in [0, 0.1) is 17.0 Å². The minimum Gasteiger partial charge on any atom is -0.324 e. The Balaban J connectivity index is 1.53. The number of amides is 1. The maximum Gasteiger partial charge on any atom is 0.250 e. The number of nitrogens with one attached hydrogen (secondary N) is 1. The summed E-state index contributed by atoms with van der Waals surface area (Å²) in [6, 6.07) is 17.6. The van der Waals surface area contributed by atoms with E-state index >= 15 is 4.79 Å². The lowest BCUT2D eigenvalue weighted by Crippen LogP contribution is -2.65. The number of hydrogen-bond acceptors (Lipinski definition) is 5. The number of carbonyl (C=O) groups excluding carboxylic acids is 2. The maximum atomic E-state index is 15.2. The first-order chi connectivity index (χ1) is 19.3. The zero-order chi connectivity index (χ0) is 27.8. The molecule has 3 aromatic rings. The van der Waals surface area contributed by atoms with Crippen molar-refractivity contribution in [3.8, 4) is 0 Å². The van der Waals surface area contributed by atoms with Crippen molar-refractivity contribution < 1.29 is 18.4 Å². The minimum atomic E-state index is -1.33. The number of thioether (sulfide) groups is 1. The molecule has 4 aliphatic heterocycles. The summed E-state index contributed by atoms with van der Waals surface area (Å²) in [7, 11) is 1.95. The molecule has 4 atom stereocenters. The summed E-state index contributed by atoms with van der Waals surface area (Å²) in [5, 5.41) is 3.57. The zero-order valence-electron chi connectivity index (χ0n) is 21.7. The third-order valence-corrected chi connectivity index (χ3v) is 10.2. The molecule has 4 heterocycles. The average molecular weight is 578 g/mol. The van der Waals surface area contributed by atoms with E-state index in [2.05, 4.69) is 15.1 Å². The Kier molecular flexibility index (Phi) is 5.98. The maximum absolute atomic E-state index is 15.2. The molecule has 204 valence electrons. The molecule has 3 aromatic carbocycles. The number of Topliss-reactive ketones (excluding diaryl/α,β-unsaturated/α-hetero) is 1. The van der Waals surface area contributed by atoms with Crippen LogP contribution in [0.3, 0.4) is 0 Å². The molecule has 0 saturated carbocycles. The van der Waals surface area contributed by atoms with Crippen LogP contribution >= 0.6 is 23.4 Å². The Morgan fingerprint density at radius 1 is 1.02 bits per heavy atom. The van der Waals surface area contributed by atoms with Crippen LogP contribution in [0.15, 0.2) is 72.3 Å². The Morgan fingerprint density at radius 3 is 2.45 bits per heavy atom. The molecule has 1 amide bonds. The van der Waals surface area contributed by atoms with Gasteiger partial charge in [-0.2, -0.15) is 0 Å². The van der Waals surface area contributed by atoms with Crippen molar-refractivity contribution in [3.05, 3.63) is 106 Å².